The number of carbonyl (C=O) groups excluding carboxylic acids is 1. The van der Waals surface area contributed by atoms with Gasteiger partial charge >= 0.3 is 0 Å². The summed E-state index contributed by atoms with van der Waals surface area (Å²) in [5, 5.41) is 19.0. The monoisotopic (exact) mass is 380 g/mol. The van der Waals surface area contributed by atoms with Crippen molar-refractivity contribution >= 4 is 11.5 Å². The fourth-order valence-corrected chi connectivity index (χ4v) is 6.42. The number of hydrogen-bond acceptors (Lipinski definition) is 5. The second-order valence-electron chi connectivity index (χ2n) is 9.24. The molecule has 6 rings (SSSR count). The van der Waals surface area contributed by atoms with Crippen molar-refractivity contribution in [1.82, 2.24) is 15.0 Å². The van der Waals surface area contributed by atoms with E-state index in [2.05, 4.69) is 10.3 Å². The Kier molecular flexibility index (Phi) is 4.07. The van der Waals surface area contributed by atoms with Crippen LogP contribution in [0.2, 0.25) is 0 Å². The molecule has 1 aromatic heterocycles. The van der Waals surface area contributed by atoms with Gasteiger partial charge in [0.15, 0.2) is 5.78 Å². The topological polar surface area (TPSA) is 90.9 Å². The highest BCUT2D eigenvalue weighted by Gasteiger charge is 2.51. The Labute approximate surface area is 163 Å². The summed E-state index contributed by atoms with van der Waals surface area (Å²) in [4.78, 5) is 23.1. The number of rotatable bonds is 6. The van der Waals surface area contributed by atoms with Crippen LogP contribution in [0.25, 0.3) is 11.3 Å². The lowest BCUT2D eigenvalue weighted by molar-refractivity contribution is -0.384. The molecule has 1 aromatic carbocycles. The molecule has 4 aliphatic rings. The maximum absolute atomic E-state index is 12.8. The van der Waals surface area contributed by atoms with Crippen LogP contribution in [0.3, 0.4) is 0 Å². The smallest absolute Gasteiger partial charge is 0.269 e. The second kappa shape index (κ2) is 6.50. The van der Waals surface area contributed by atoms with Gasteiger partial charge in [0.25, 0.3) is 5.69 Å². The Balaban J connectivity index is 1.24. The van der Waals surface area contributed by atoms with E-state index in [9.17, 15) is 14.9 Å². The Hall–Kier alpha value is -2.57. The summed E-state index contributed by atoms with van der Waals surface area (Å²) in [6, 6.07) is 6.21. The molecule has 0 amide bonds. The van der Waals surface area contributed by atoms with Gasteiger partial charge in [0.05, 0.1) is 11.1 Å². The zero-order chi connectivity index (χ0) is 19.3. The van der Waals surface area contributed by atoms with Crippen molar-refractivity contribution in [2.45, 2.75) is 51.5 Å². The molecule has 0 unspecified atom stereocenters. The quantitative estimate of drug-likeness (QED) is 0.557. The molecular weight excluding hydrogens is 356 g/mol. The first kappa shape index (κ1) is 17.5. The van der Waals surface area contributed by atoms with Gasteiger partial charge in [0.1, 0.15) is 12.2 Å². The minimum atomic E-state index is -0.427. The number of ketones is 1. The number of aromatic nitrogens is 3. The van der Waals surface area contributed by atoms with Gasteiger partial charge in [0.2, 0.25) is 0 Å². The lowest BCUT2D eigenvalue weighted by Gasteiger charge is -2.56. The predicted octanol–water partition coefficient (Wildman–Crippen LogP) is 4.03. The van der Waals surface area contributed by atoms with Gasteiger partial charge in [0, 0.05) is 24.1 Å². The summed E-state index contributed by atoms with van der Waals surface area (Å²) in [5.74, 6) is 2.78. The van der Waals surface area contributed by atoms with Crippen LogP contribution in [0.5, 0.6) is 0 Å². The molecule has 4 fully saturated rings. The zero-order valence-corrected chi connectivity index (χ0v) is 15.8. The van der Waals surface area contributed by atoms with Crippen molar-refractivity contribution in [1.29, 1.82) is 0 Å². The zero-order valence-electron chi connectivity index (χ0n) is 15.8. The van der Waals surface area contributed by atoms with Crippen molar-refractivity contribution in [2.24, 2.45) is 23.2 Å². The summed E-state index contributed by atoms with van der Waals surface area (Å²) in [7, 11) is 0. The highest BCUT2D eigenvalue weighted by molar-refractivity contribution is 5.79. The molecular formula is C21H24N4O3. The van der Waals surface area contributed by atoms with E-state index < -0.39 is 4.92 Å². The van der Waals surface area contributed by atoms with Crippen molar-refractivity contribution in [3.05, 3.63) is 40.6 Å². The largest absolute Gasteiger partial charge is 0.298 e. The number of carbonyl (C=O) groups is 1. The molecule has 28 heavy (non-hydrogen) atoms. The van der Waals surface area contributed by atoms with Gasteiger partial charge in [-0.1, -0.05) is 5.21 Å². The van der Waals surface area contributed by atoms with E-state index in [4.69, 9.17) is 0 Å². The average Bonchev–Trinajstić information content (AvgIpc) is 3.08. The number of Topliss-reactive ketones (excluding diaryl/α,β-unsaturated/α-hetero) is 1. The second-order valence-corrected chi connectivity index (χ2v) is 9.24. The molecule has 7 heteroatoms. The first-order valence-corrected chi connectivity index (χ1v) is 10.1. The molecule has 4 aliphatic carbocycles. The van der Waals surface area contributed by atoms with Crippen molar-refractivity contribution in [3.8, 4) is 11.3 Å². The predicted molar refractivity (Wildman–Crippen MR) is 102 cm³/mol. The molecule has 7 nitrogen and oxygen atoms in total. The number of benzene rings is 1. The van der Waals surface area contributed by atoms with Gasteiger partial charge in [-0.15, -0.1) is 5.10 Å². The van der Waals surface area contributed by atoms with E-state index in [1.54, 1.807) is 23.0 Å². The van der Waals surface area contributed by atoms with Gasteiger partial charge in [-0.25, -0.2) is 4.68 Å². The third-order valence-electron chi connectivity index (χ3n) is 6.99. The first-order chi connectivity index (χ1) is 13.5. The summed E-state index contributed by atoms with van der Waals surface area (Å²) in [6.45, 7) is 0.252. The summed E-state index contributed by atoms with van der Waals surface area (Å²) >= 11 is 0. The fourth-order valence-electron chi connectivity index (χ4n) is 6.42. The molecule has 2 aromatic rings. The van der Waals surface area contributed by atoms with Crippen LogP contribution in [0.1, 0.15) is 44.9 Å². The Morgan fingerprint density at radius 1 is 1.11 bits per heavy atom. The number of hydrogen-bond donors (Lipinski definition) is 0. The minimum absolute atomic E-state index is 0.0434. The van der Waals surface area contributed by atoms with Crippen LogP contribution in [-0.4, -0.2) is 25.7 Å². The molecule has 0 radical (unpaired) electrons. The van der Waals surface area contributed by atoms with Crippen LogP contribution < -0.4 is 0 Å². The van der Waals surface area contributed by atoms with Gasteiger partial charge in [-0.05, 0) is 73.8 Å². The molecule has 0 spiro atoms. The maximum atomic E-state index is 12.8. The lowest BCUT2D eigenvalue weighted by atomic mass is 9.48. The number of non-ortho nitro benzene ring substituents is 1. The first-order valence-electron chi connectivity index (χ1n) is 10.1. The Morgan fingerprint density at radius 2 is 1.71 bits per heavy atom. The highest BCUT2D eigenvalue weighted by atomic mass is 16.6. The third kappa shape index (κ3) is 3.23. The van der Waals surface area contributed by atoms with Crippen LogP contribution in [0.15, 0.2) is 30.5 Å². The SMILES string of the molecule is O=C(Cn1cc(-c2ccc([N+](=O)[O-])cc2)nn1)CC12CC3CC(CC(C3)C1)C2. The van der Waals surface area contributed by atoms with Crippen LogP contribution in [-0.2, 0) is 11.3 Å². The number of nitro benzene ring substituents is 1. The van der Waals surface area contributed by atoms with E-state index >= 15 is 0 Å². The van der Waals surface area contributed by atoms with Crippen LogP contribution >= 0.6 is 0 Å². The van der Waals surface area contributed by atoms with Crippen LogP contribution in [0.4, 0.5) is 5.69 Å². The Bertz CT molecular complexity index is 883. The van der Waals surface area contributed by atoms with Gasteiger partial charge in [-0.3, -0.25) is 14.9 Å². The molecule has 0 aliphatic heterocycles. The van der Waals surface area contributed by atoms with Gasteiger partial charge in [-0.2, -0.15) is 0 Å². The summed E-state index contributed by atoms with van der Waals surface area (Å²) in [5.41, 5.74) is 1.66. The van der Waals surface area contributed by atoms with Crippen molar-refractivity contribution in [2.75, 3.05) is 0 Å². The number of nitrogens with zero attached hydrogens (tertiary/aromatic N) is 4. The number of nitro groups is 1. The van der Waals surface area contributed by atoms with E-state index in [1.165, 1.54) is 50.7 Å². The van der Waals surface area contributed by atoms with Crippen molar-refractivity contribution < 1.29 is 9.72 Å². The van der Waals surface area contributed by atoms with Crippen LogP contribution in [0, 0.1) is 33.3 Å². The van der Waals surface area contributed by atoms with Crippen molar-refractivity contribution in [3.63, 3.8) is 0 Å². The van der Waals surface area contributed by atoms with E-state index in [0.29, 0.717) is 12.1 Å². The molecule has 4 saturated carbocycles. The minimum Gasteiger partial charge on any atom is -0.298 e. The molecule has 146 valence electrons. The fraction of sp³-hybridized carbons (Fsp3) is 0.571. The molecule has 0 N–H and O–H groups in total. The van der Waals surface area contributed by atoms with Gasteiger partial charge < -0.3 is 0 Å². The standard InChI is InChI=1S/C21H24N4O3/c26-19(11-21-8-14-5-15(9-21)7-16(6-14)10-21)12-24-13-20(22-23-24)17-1-3-18(4-2-17)25(27)28/h1-4,13-16H,5-12H2. The molecule has 0 atom stereocenters. The molecule has 0 saturated heterocycles. The maximum Gasteiger partial charge on any atom is 0.269 e. The molecule has 4 bridgehead atoms. The van der Waals surface area contributed by atoms with E-state index in [1.807, 2.05) is 0 Å². The third-order valence-corrected chi connectivity index (χ3v) is 6.99. The normalized spacial score (nSPS) is 30.5. The average molecular weight is 380 g/mol. The van der Waals surface area contributed by atoms with E-state index in [0.717, 1.165) is 23.3 Å². The highest BCUT2D eigenvalue weighted by Crippen LogP contribution is 2.61. The molecule has 1 heterocycles. The summed E-state index contributed by atoms with van der Waals surface area (Å²) in [6.07, 6.45) is 10.3. The lowest BCUT2D eigenvalue weighted by Crippen LogP contribution is -2.47. The summed E-state index contributed by atoms with van der Waals surface area (Å²) < 4.78 is 1.60. The Morgan fingerprint density at radius 3 is 2.29 bits per heavy atom. The van der Waals surface area contributed by atoms with E-state index in [-0.39, 0.29) is 23.4 Å².